The lowest BCUT2D eigenvalue weighted by Crippen LogP contribution is -2.26. The summed E-state index contributed by atoms with van der Waals surface area (Å²) in [5.41, 5.74) is 1.67. The molecule has 0 fully saturated rings. The molecule has 0 amide bonds. The predicted molar refractivity (Wildman–Crippen MR) is 48.4 cm³/mol. The summed E-state index contributed by atoms with van der Waals surface area (Å²) in [6, 6.07) is 0. The second-order valence-electron chi connectivity index (χ2n) is 2.92. The van der Waals surface area contributed by atoms with E-state index in [0.29, 0.717) is 6.54 Å². The van der Waals surface area contributed by atoms with Crippen LogP contribution in [0.25, 0.3) is 0 Å². The van der Waals surface area contributed by atoms with Crippen LogP contribution in [-0.4, -0.2) is 9.55 Å². The van der Waals surface area contributed by atoms with Crippen molar-refractivity contribution in [3.63, 3.8) is 0 Å². The van der Waals surface area contributed by atoms with Crippen LogP contribution < -0.4 is 5.56 Å². The van der Waals surface area contributed by atoms with Gasteiger partial charge in [0.15, 0.2) is 0 Å². The third-order valence-electron chi connectivity index (χ3n) is 2.15. The van der Waals surface area contributed by atoms with Gasteiger partial charge in [-0.3, -0.25) is 9.36 Å². The van der Waals surface area contributed by atoms with Crippen LogP contribution in [0.1, 0.15) is 24.0 Å². The molecule has 1 rings (SSSR count). The van der Waals surface area contributed by atoms with Gasteiger partial charge in [0.2, 0.25) is 0 Å². The summed E-state index contributed by atoms with van der Waals surface area (Å²) in [6.45, 7) is 8.18. The zero-order valence-electron chi connectivity index (χ0n) is 8.01. The molecule has 1 heterocycles. The Bertz CT molecular complexity index is 352. The smallest absolute Gasteiger partial charge is 0.256 e. The van der Waals surface area contributed by atoms with Gasteiger partial charge in [0.1, 0.15) is 5.82 Å². The number of rotatable bonds is 1. The van der Waals surface area contributed by atoms with Crippen molar-refractivity contribution in [2.45, 2.75) is 34.2 Å². The van der Waals surface area contributed by atoms with Crippen molar-refractivity contribution >= 4 is 0 Å². The molecule has 1 aromatic rings. The minimum Gasteiger partial charge on any atom is -0.297 e. The second kappa shape index (κ2) is 3.09. The fraction of sp³-hybridized carbons (Fsp3) is 0.556. The summed E-state index contributed by atoms with van der Waals surface area (Å²) in [5, 5.41) is 0. The maximum Gasteiger partial charge on any atom is 0.256 e. The van der Waals surface area contributed by atoms with Crippen LogP contribution in [0.2, 0.25) is 0 Å². The molecule has 3 heteroatoms. The van der Waals surface area contributed by atoms with Crippen molar-refractivity contribution in [3.05, 3.63) is 27.4 Å². The normalized spacial score (nSPS) is 10.3. The zero-order valence-corrected chi connectivity index (χ0v) is 8.01. The molecule has 0 unspecified atom stereocenters. The van der Waals surface area contributed by atoms with Crippen LogP contribution in [0.3, 0.4) is 0 Å². The number of nitrogens with zero attached hydrogens (tertiary/aromatic N) is 2. The number of hydrogen-bond donors (Lipinski definition) is 0. The Balaban J connectivity index is 3.52. The quantitative estimate of drug-likeness (QED) is 0.628. The Morgan fingerprint density at radius 1 is 1.33 bits per heavy atom. The first kappa shape index (κ1) is 8.97. The first-order valence-electron chi connectivity index (χ1n) is 4.12. The maximum absolute atomic E-state index is 11.6. The molecule has 12 heavy (non-hydrogen) atoms. The number of hydrogen-bond acceptors (Lipinski definition) is 2. The highest BCUT2D eigenvalue weighted by Crippen LogP contribution is 1.98. The Kier molecular flexibility index (Phi) is 2.31. The van der Waals surface area contributed by atoms with Crippen molar-refractivity contribution in [3.8, 4) is 0 Å². The minimum absolute atomic E-state index is 0.0856. The fourth-order valence-electron chi connectivity index (χ4n) is 1.26. The van der Waals surface area contributed by atoms with E-state index in [-0.39, 0.29) is 5.56 Å². The topological polar surface area (TPSA) is 34.9 Å². The molecule has 0 aliphatic carbocycles. The Morgan fingerprint density at radius 2 is 1.92 bits per heavy atom. The summed E-state index contributed by atoms with van der Waals surface area (Å²) in [7, 11) is 0. The average Bonchev–Trinajstić information content (AvgIpc) is 2.01. The van der Waals surface area contributed by atoms with Crippen LogP contribution in [-0.2, 0) is 6.54 Å². The average molecular weight is 166 g/mol. The third kappa shape index (κ3) is 1.26. The van der Waals surface area contributed by atoms with Crippen molar-refractivity contribution in [2.75, 3.05) is 0 Å². The van der Waals surface area contributed by atoms with Crippen molar-refractivity contribution < 1.29 is 0 Å². The Morgan fingerprint density at radius 3 is 2.42 bits per heavy atom. The van der Waals surface area contributed by atoms with Gasteiger partial charge in [-0.2, -0.15) is 0 Å². The van der Waals surface area contributed by atoms with Gasteiger partial charge < -0.3 is 0 Å². The van der Waals surface area contributed by atoms with E-state index in [0.717, 1.165) is 17.1 Å². The van der Waals surface area contributed by atoms with Crippen molar-refractivity contribution in [1.82, 2.24) is 9.55 Å². The van der Waals surface area contributed by atoms with Gasteiger partial charge in [-0.15, -0.1) is 0 Å². The van der Waals surface area contributed by atoms with Crippen LogP contribution in [0.4, 0.5) is 0 Å². The van der Waals surface area contributed by atoms with Crippen molar-refractivity contribution in [2.24, 2.45) is 0 Å². The lowest BCUT2D eigenvalue weighted by molar-refractivity contribution is 0.662. The Hall–Kier alpha value is -1.12. The van der Waals surface area contributed by atoms with Crippen LogP contribution in [0, 0.1) is 20.8 Å². The van der Waals surface area contributed by atoms with Gasteiger partial charge in [-0.25, -0.2) is 4.98 Å². The minimum atomic E-state index is 0.0856. The van der Waals surface area contributed by atoms with Gasteiger partial charge in [0.05, 0.1) is 0 Å². The predicted octanol–water partition coefficient (Wildman–Crippen LogP) is 1.19. The third-order valence-corrected chi connectivity index (χ3v) is 2.15. The molecule has 0 aliphatic rings. The number of aromatic nitrogens is 2. The fourth-order valence-corrected chi connectivity index (χ4v) is 1.26. The summed E-state index contributed by atoms with van der Waals surface area (Å²) in [4.78, 5) is 15.8. The summed E-state index contributed by atoms with van der Waals surface area (Å²) in [6.07, 6.45) is 0. The molecule has 0 saturated carbocycles. The van der Waals surface area contributed by atoms with E-state index in [9.17, 15) is 4.79 Å². The van der Waals surface area contributed by atoms with E-state index >= 15 is 0 Å². The molecule has 0 atom stereocenters. The van der Waals surface area contributed by atoms with E-state index < -0.39 is 0 Å². The summed E-state index contributed by atoms with van der Waals surface area (Å²) < 4.78 is 1.68. The molecule has 0 N–H and O–H groups in total. The molecule has 1 aromatic heterocycles. The van der Waals surface area contributed by atoms with E-state index in [1.54, 1.807) is 4.57 Å². The first-order valence-corrected chi connectivity index (χ1v) is 4.12. The first-order chi connectivity index (χ1) is 5.57. The van der Waals surface area contributed by atoms with E-state index in [4.69, 9.17) is 0 Å². The second-order valence-corrected chi connectivity index (χ2v) is 2.92. The molecule has 3 nitrogen and oxygen atoms in total. The zero-order chi connectivity index (χ0) is 9.30. The SMILES string of the molecule is CCn1c(C)nc(C)c(C)c1=O. The molecule has 0 aliphatic heterocycles. The van der Waals surface area contributed by atoms with E-state index in [2.05, 4.69) is 4.98 Å². The highest BCUT2D eigenvalue weighted by atomic mass is 16.1. The van der Waals surface area contributed by atoms with Crippen LogP contribution in [0.15, 0.2) is 4.79 Å². The molecule has 66 valence electrons. The maximum atomic E-state index is 11.6. The lowest BCUT2D eigenvalue weighted by atomic mass is 10.2. The molecule has 0 spiro atoms. The number of aryl methyl sites for hydroxylation is 2. The lowest BCUT2D eigenvalue weighted by Gasteiger charge is -2.08. The highest BCUT2D eigenvalue weighted by Gasteiger charge is 2.05. The largest absolute Gasteiger partial charge is 0.297 e. The van der Waals surface area contributed by atoms with Gasteiger partial charge in [0.25, 0.3) is 5.56 Å². The van der Waals surface area contributed by atoms with Crippen molar-refractivity contribution in [1.29, 1.82) is 0 Å². The summed E-state index contributed by atoms with van der Waals surface area (Å²) >= 11 is 0. The molecular weight excluding hydrogens is 152 g/mol. The Labute approximate surface area is 72.1 Å². The van der Waals surface area contributed by atoms with Crippen LogP contribution in [0.5, 0.6) is 0 Å². The van der Waals surface area contributed by atoms with Crippen LogP contribution >= 0.6 is 0 Å². The van der Waals surface area contributed by atoms with E-state index in [1.807, 2.05) is 27.7 Å². The highest BCUT2D eigenvalue weighted by molar-refractivity contribution is 5.14. The van der Waals surface area contributed by atoms with Gasteiger partial charge in [-0.1, -0.05) is 0 Å². The molecule has 0 aromatic carbocycles. The molecule has 0 radical (unpaired) electrons. The molecular formula is C9H14N2O. The summed E-state index contributed by atoms with van der Waals surface area (Å²) in [5.74, 6) is 0.797. The van der Waals surface area contributed by atoms with Gasteiger partial charge >= 0.3 is 0 Å². The van der Waals surface area contributed by atoms with Gasteiger partial charge in [-0.05, 0) is 27.7 Å². The monoisotopic (exact) mass is 166 g/mol. The van der Waals surface area contributed by atoms with E-state index in [1.165, 1.54) is 0 Å². The molecule has 0 saturated heterocycles. The molecule has 0 bridgehead atoms. The standard InChI is InChI=1S/C9H14N2O/c1-5-11-8(4)10-7(3)6(2)9(11)12/h5H2,1-4H3. The van der Waals surface area contributed by atoms with Gasteiger partial charge in [0, 0.05) is 17.8 Å².